The second kappa shape index (κ2) is 3.19. The summed E-state index contributed by atoms with van der Waals surface area (Å²) in [7, 11) is 0. The minimum atomic E-state index is 0.665. The van der Waals surface area contributed by atoms with Gasteiger partial charge in [0.25, 0.3) is 0 Å². The summed E-state index contributed by atoms with van der Waals surface area (Å²) in [6.07, 6.45) is 1.06. The molecule has 0 atom stereocenters. The number of nitrogens with zero attached hydrogens (tertiary/aromatic N) is 1. The van der Waals surface area contributed by atoms with E-state index in [0.717, 1.165) is 25.0 Å². The summed E-state index contributed by atoms with van der Waals surface area (Å²) >= 11 is 7.89. The number of aromatic nitrogens is 1. The standard InChI is InChI=1S/C10H9ClN2S/c11-10-7-5-12-3-1-6(7)9-8(13-10)2-4-14-9/h2,4,12H,1,3,5H2. The molecule has 0 fully saturated rings. The number of fused-ring (bicyclic) bond motifs is 3. The third-order valence-electron chi connectivity index (χ3n) is 2.60. The van der Waals surface area contributed by atoms with Crippen LogP contribution >= 0.6 is 22.9 Å². The van der Waals surface area contributed by atoms with E-state index in [1.807, 2.05) is 6.07 Å². The van der Waals surface area contributed by atoms with E-state index in [-0.39, 0.29) is 0 Å². The van der Waals surface area contributed by atoms with Crippen LogP contribution in [0.4, 0.5) is 0 Å². The van der Waals surface area contributed by atoms with Gasteiger partial charge in [-0.3, -0.25) is 0 Å². The molecule has 1 aliphatic rings. The summed E-state index contributed by atoms with van der Waals surface area (Å²) in [4.78, 5) is 4.38. The second-order valence-electron chi connectivity index (χ2n) is 3.42. The minimum Gasteiger partial charge on any atom is -0.312 e. The van der Waals surface area contributed by atoms with Crippen molar-refractivity contribution in [2.45, 2.75) is 13.0 Å². The fourth-order valence-electron chi connectivity index (χ4n) is 1.92. The van der Waals surface area contributed by atoms with Crippen LogP contribution in [0.5, 0.6) is 0 Å². The molecule has 3 rings (SSSR count). The van der Waals surface area contributed by atoms with Crippen molar-refractivity contribution in [1.29, 1.82) is 0 Å². The molecule has 0 saturated heterocycles. The van der Waals surface area contributed by atoms with Gasteiger partial charge in [-0.1, -0.05) is 11.6 Å². The molecule has 0 bridgehead atoms. The van der Waals surface area contributed by atoms with Crippen LogP contribution in [-0.2, 0) is 13.0 Å². The van der Waals surface area contributed by atoms with Crippen molar-refractivity contribution in [2.24, 2.45) is 0 Å². The SMILES string of the molecule is Clc1nc2ccsc2c2c1CNCC2. The molecule has 0 unspecified atom stereocenters. The third kappa shape index (κ3) is 1.16. The fraction of sp³-hybridized carbons (Fsp3) is 0.300. The second-order valence-corrected chi connectivity index (χ2v) is 4.70. The molecule has 0 aliphatic carbocycles. The monoisotopic (exact) mass is 224 g/mol. The summed E-state index contributed by atoms with van der Waals surface area (Å²) in [5.41, 5.74) is 3.63. The zero-order chi connectivity index (χ0) is 9.54. The number of nitrogens with one attached hydrogen (secondary N) is 1. The summed E-state index contributed by atoms with van der Waals surface area (Å²) < 4.78 is 1.31. The predicted octanol–water partition coefficient (Wildman–Crippen LogP) is 2.60. The van der Waals surface area contributed by atoms with E-state index in [0.29, 0.717) is 5.15 Å². The van der Waals surface area contributed by atoms with Gasteiger partial charge in [-0.15, -0.1) is 11.3 Å². The quantitative estimate of drug-likeness (QED) is 0.696. The van der Waals surface area contributed by atoms with Gasteiger partial charge in [-0.05, 0) is 30.0 Å². The molecule has 14 heavy (non-hydrogen) atoms. The molecule has 1 N–H and O–H groups in total. The van der Waals surface area contributed by atoms with E-state index >= 15 is 0 Å². The number of hydrogen-bond acceptors (Lipinski definition) is 3. The topological polar surface area (TPSA) is 24.9 Å². The van der Waals surface area contributed by atoms with Gasteiger partial charge < -0.3 is 5.32 Å². The van der Waals surface area contributed by atoms with Gasteiger partial charge in [0.15, 0.2) is 0 Å². The summed E-state index contributed by atoms with van der Waals surface area (Å²) in [6.45, 7) is 1.90. The first-order valence-corrected chi connectivity index (χ1v) is 5.87. The van der Waals surface area contributed by atoms with Crippen molar-refractivity contribution in [3.8, 4) is 0 Å². The van der Waals surface area contributed by atoms with E-state index in [1.165, 1.54) is 15.8 Å². The zero-order valence-electron chi connectivity index (χ0n) is 7.51. The lowest BCUT2D eigenvalue weighted by Crippen LogP contribution is -2.24. The minimum absolute atomic E-state index is 0.665. The van der Waals surface area contributed by atoms with Crippen molar-refractivity contribution in [1.82, 2.24) is 10.3 Å². The number of hydrogen-bond donors (Lipinski definition) is 1. The maximum atomic E-state index is 6.13. The van der Waals surface area contributed by atoms with Crippen LogP contribution in [0.2, 0.25) is 5.15 Å². The smallest absolute Gasteiger partial charge is 0.134 e. The summed E-state index contributed by atoms with van der Waals surface area (Å²) in [6, 6.07) is 2.04. The first-order chi connectivity index (χ1) is 6.86. The van der Waals surface area contributed by atoms with Crippen LogP contribution in [0.15, 0.2) is 11.4 Å². The molecule has 0 spiro atoms. The van der Waals surface area contributed by atoms with Crippen molar-refractivity contribution >= 4 is 33.2 Å². The van der Waals surface area contributed by atoms with Gasteiger partial charge in [-0.25, -0.2) is 4.98 Å². The molecule has 0 aromatic carbocycles. The van der Waals surface area contributed by atoms with Gasteiger partial charge in [0, 0.05) is 12.1 Å². The van der Waals surface area contributed by atoms with E-state index in [4.69, 9.17) is 11.6 Å². The highest BCUT2D eigenvalue weighted by Crippen LogP contribution is 2.31. The summed E-state index contributed by atoms with van der Waals surface area (Å²) in [5.74, 6) is 0. The van der Waals surface area contributed by atoms with Crippen LogP contribution < -0.4 is 5.32 Å². The zero-order valence-corrected chi connectivity index (χ0v) is 9.08. The first kappa shape index (κ1) is 8.65. The van der Waals surface area contributed by atoms with Crippen molar-refractivity contribution in [3.63, 3.8) is 0 Å². The molecule has 2 aromatic heterocycles. The molecular weight excluding hydrogens is 216 g/mol. The van der Waals surface area contributed by atoms with Crippen molar-refractivity contribution in [3.05, 3.63) is 27.7 Å². The average molecular weight is 225 g/mol. The Labute approximate surface area is 90.9 Å². The lowest BCUT2D eigenvalue weighted by Gasteiger charge is -2.18. The Hall–Kier alpha value is -0.640. The van der Waals surface area contributed by atoms with Crippen molar-refractivity contribution < 1.29 is 0 Å². The normalized spacial score (nSPS) is 15.8. The maximum Gasteiger partial charge on any atom is 0.134 e. The highest BCUT2D eigenvalue weighted by Gasteiger charge is 2.17. The number of pyridine rings is 1. The lowest BCUT2D eigenvalue weighted by atomic mass is 10.0. The third-order valence-corrected chi connectivity index (χ3v) is 3.88. The Morgan fingerprint density at radius 1 is 1.43 bits per heavy atom. The van der Waals surface area contributed by atoms with E-state index < -0.39 is 0 Å². The number of halogens is 1. The molecule has 0 amide bonds. The molecule has 3 heterocycles. The van der Waals surface area contributed by atoms with Crippen LogP contribution in [-0.4, -0.2) is 11.5 Å². The molecule has 2 nitrogen and oxygen atoms in total. The molecule has 1 aliphatic heterocycles. The Morgan fingerprint density at radius 2 is 2.36 bits per heavy atom. The molecular formula is C10H9ClN2S. The Kier molecular flexibility index (Phi) is 1.97. The lowest BCUT2D eigenvalue weighted by molar-refractivity contribution is 0.646. The first-order valence-electron chi connectivity index (χ1n) is 4.61. The van der Waals surface area contributed by atoms with E-state index in [9.17, 15) is 0 Å². The highest BCUT2D eigenvalue weighted by molar-refractivity contribution is 7.17. The molecule has 4 heteroatoms. The molecule has 2 aromatic rings. The highest BCUT2D eigenvalue weighted by atomic mass is 35.5. The predicted molar refractivity (Wildman–Crippen MR) is 60.0 cm³/mol. The maximum absolute atomic E-state index is 6.13. The van der Waals surface area contributed by atoms with Gasteiger partial charge in [0.2, 0.25) is 0 Å². The molecule has 72 valence electrons. The summed E-state index contributed by atoms with van der Waals surface area (Å²) in [5, 5.41) is 6.06. The number of rotatable bonds is 0. The van der Waals surface area contributed by atoms with Gasteiger partial charge >= 0.3 is 0 Å². The number of thiophene rings is 1. The van der Waals surface area contributed by atoms with Crippen LogP contribution in [0.25, 0.3) is 10.2 Å². The van der Waals surface area contributed by atoms with Gasteiger partial charge in [0.1, 0.15) is 5.15 Å². The largest absolute Gasteiger partial charge is 0.312 e. The van der Waals surface area contributed by atoms with E-state index in [1.54, 1.807) is 11.3 Å². The Balaban J connectivity index is 2.39. The fourth-order valence-corrected chi connectivity index (χ4v) is 3.13. The van der Waals surface area contributed by atoms with E-state index in [2.05, 4.69) is 15.7 Å². The molecule has 0 saturated carbocycles. The van der Waals surface area contributed by atoms with Crippen LogP contribution in [0.3, 0.4) is 0 Å². The molecule has 0 radical (unpaired) electrons. The Bertz CT molecular complexity index is 492. The van der Waals surface area contributed by atoms with Crippen LogP contribution in [0.1, 0.15) is 11.1 Å². The Morgan fingerprint density at radius 3 is 3.29 bits per heavy atom. The van der Waals surface area contributed by atoms with Gasteiger partial charge in [0.05, 0.1) is 10.2 Å². The van der Waals surface area contributed by atoms with Crippen LogP contribution in [0, 0.1) is 0 Å². The van der Waals surface area contributed by atoms with Gasteiger partial charge in [-0.2, -0.15) is 0 Å². The van der Waals surface area contributed by atoms with Crippen molar-refractivity contribution in [2.75, 3.05) is 6.54 Å². The average Bonchev–Trinajstić information content (AvgIpc) is 2.66.